The Hall–Kier alpha value is -3.98. The van der Waals surface area contributed by atoms with Crippen molar-refractivity contribution in [2.45, 2.75) is 24.9 Å². The molecule has 170 valence electrons. The Balaban J connectivity index is 1.41. The second-order valence-electron chi connectivity index (χ2n) is 7.88. The number of rotatable bonds is 5. The zero-order valence-electron chi connectivity index (χ0n) is 18.5. The van der Waals surface area contributed by atoms with Crippen molar-refractivity contribution in [2.24, 2.45) is 0 Å². The highest BCUT2D eigenvalue weighted by Gasteiger charge is 2.26. The number of carbonyl (C=O) groups excluding carboxylic acids is 2. The topological polar surface area (TPSA) is 93.0 Å². The lowest BCUT2D eigenvalue weighted by Gasteiger charge is -2.24. The molecule has 0 bridgehead atoms. The minimum Gasteiger partial charge on any atom is -0.326 e. The van der Waals surface area contributed by atoms with Crippen LogP contribution in [0.1, 0.15) is 18.1 Å². The molecule has 2 amide bonds. The molecule has 0 saturated heterocycles. The number of hydrogen-bond acceptors (Lipinski definition) is 6. The summed E-state index contributed by atoms with van der Waals surface area (Å²) in [4.78, 5) is 26.8. The normalized spacial score (nSPS) is 12.4. The summed E-state index contributed by atoms with van der Waals surface area (Å²) in [7, 11) is 0. The number of nitrogens with zero attached hydrogens (tertiary/aromatic N) is 5. The van der Waals surface area contributed by atoms with E-state index in [2.05, 4.69) is 33.0 Å². The van der Waals surface area contributed by atoms with E-state index in [4.69, 9.17) is 0 Å². The van der Waals surface area contributed by atoms with E-state index >= 15 is 0 Å². The molecule has 34 heavy (non-hydrogen) atoms. The van der Waals surface area contributed by atoms with Crippen molar-refractivity contribution < 1.29 is 9.59 Å². The molecule has 1 aliphatic rings. The fourth-order valence-corrected chi connectivity index (χ4v) is 4.83. The summed E-state index contributed by atoms with van der Waals surface area (Å²) in [5.41, 5.74) is 5.47. The van der Waals surface area contributed by atoms with Crippen molar-refractivity contribution in [1.29, 1.82) is 0 Å². The van der Waals surface area contributed by atoms with Gasteiger partial charge in [0.2, 0.25) is 17.0 Å². The number of carbonyl (C=O) groups is 2. The number of nitrogens with one attached hydrogen (secondary N) is 1. The van der Waals surface area contributed by atoms with Crippen molar-refractivity contribution in [3.8, 4) is 5.69 Å². The number of para-hydroxylation sites is 2. The monoisotopic (exact) mass is 470 g/mol. The van der Waals surface area contributed by atoms with Crippen LogP contribution in [-0.4, -0.2) is 37.8 Å². The van der Waals surface area contributed by atoms with E-state index in [1.807, 2.05) is 53.4 Å². The molecular weight excluding hydrogens is 448 g/mol. The average molecular weight is 471 g/mol. The Kier molecular flexibility index (Phi) is 6.09. The third kappa shape index (κ3) is 4.42. The van der Waals surface area contributed by atoms with E-state index in [9.17, 15) is 9.59 Å². The third-order valence-corrected chi connectivity index (χ3v) is 6.46. The predicted molar refractivity (Wildman–Crippen MR) is 132 cm³/mol. The number of hydrogen-bond donors (Lipinski definition) is 1. The Bertz CT molecular complexity index is 1320. The summed E-state index contributed by atoms with van der Waals surface area (Å²) in [6.07, 6.45) is 1.76. The highest BCUT2D eigenvalue weighted by Crippen LogP contribution is 2.36. The number of anilines is 3. The first-order valence-electron chi connectivity index (χ1n) is 10.9. The van der Waals surface area contributed by atoms with E-state index in [-0.39, 0.29) is 17.6 Å². The van der Waals surface area contributed by atoms with Gasteiger partial charge in [0.05, 0.1) is 22.8 Å². The molecule has 1 aliphatic heterocycles. The van der Waals surface area contributed by atoms with Gasteiger partial charge < -0.3 is 5.32 Å². The molecule has 4 aromatic rings. The van der Waals surface area contributed by atoms with Gasteiger partial charge in [0.1, 0.15) is 0 Å². The van der Waals surface area contributed by atoms with Crippen LogP contribution in [0.25, 0.3) is 5.69 Å². The van der Waals surface area contributed by atoms with Crippen LogP contribution in [0.15, 0.2) is 78.0 Å². The number of aromatic nitrogens is 4. The minimum atomic E-state index is -0.160. The van der Waals surface area contributed by atoms with Crippen LogP contribution in [0.3, 0.4) is 0 Å². The smallest absolute Gasteiger partial charge is 0.242 e. The van der Waals surface area contributed by atoms with Crippen LogP contribution >= 0.6 is 11.8 Å². The Labute approximate surface area is 201 Å². The van der Waals surface area contributed by atoms with Crippen molar-refractivity contribution in [3.05, 3.63) is 83.9 Å². The van der Waals surface area contributed by atoms with Crippen LogP contribution < -0.4 is 10.2 Å². The highest BCUT2D eigenvalue weighted by atomic mass is 32.2. The summed E-state index contributed by atoms with van der Waals surface area (Å²) in [6, 6.07) is 23.3. The molecule has 0 spiro atoms. The van der Waals surface area contributed by atoms with E-state index < -0.39 is 0 Å². The van der Waals surface area contributed by atoms with Gasteiger partial charge in [-0.3, -0.25) is 14.5 Å². The molecule has 1 aromatic heterocycles. The average Bonchev–Trinajstić information content (AvgIpc) is 3.24. The molecule has 2 heterocycles. The Morgan fingerprint density at radius 3 is 2.29 bits per heavy atom. The highest BCUT2D eigenvalue weighted by molar-refractivity contribution is 7.99. The van der Waals surface area contributed by atoms with Gasteiger partial charge in [-0.2, -0.15) is 4.68 Å². The Morgan fingerprint density at radius 2 is 1.62 bits per heavy atom. The number of benzene rings is 3. The quantitative estimate of drug-likeness (QED) is 0.440. The second-order valence-corrected chi connectivity index (χ2v) is 8.82. The molecule has 0 unspecified atom stereocenters. The first kappa shape index (κ1) is 21.8. The summed E-state index contributed by atoms with van der Waals surface area (Å²) in [5, 5.41) is 15.2. The maximum Gasteiger partial charge on any atom is 0.242 e. The molecule has 0 aliphatic carbocycles. The number of thioether (sulfide) groups is 1. The predicted octanol–water partition coefficient (Wildman–Crippen LogP) is 4.18. The molecule has 0 atom stereocenters. The largest absolute Gasteiger partial charge is 0.326 e. The lowest BCUT2D eigenvalue weighted by atomic mass is 10.0. The molecule has 0 fully saturated rings. The number of aryl methyl sites for hydroxylation is 2. The van der Waals surface area contributed by atoms with E-state index in [1.165, 1.54) is 18.7 Å². The molecule has 9 heteroatoms. The van der Waals surface area contributed by atoms with Crippen molar-refractivity contribution in [2.75, 3.05) is 16.0 Å². The maximum absolute atomic E-state index is 13.6. The standard InChI is InChI=1S/C25H22N6O2S/c1-17(32)26-20-9-6-10-21(15-20)31-25(27-28-29-31)34-16-24(33)30-22-11-4-2-7-18(22)13-14-19-8-3-5-12-23(19)30/h2-12,15H,13-14,16H2,1H3,(H,26,32). The third-order valence-electron chi connectivity index (χ3n) is 5.55. The van der Waals surface area contributed by atoms with Crippen molar-refractivity contribution in [1.82, 2.24) is 20.2 Å². The first-order valence-corrected chi connectivity index (χ1v) is 11.9. The molecule has 0 radical (unpaired) electrons. The van der Waals surface area contributed by atoms with E-state index in [0.29, 0.717) is 16.5 Å². The summed E-state index contributed by atoms with van der Waals surface area (Å²) in [6.45, 7) is 1.45. The number of tetrazole rings is 1. The lowest BCUT2D eigenvalue weighted by Crippen LogP contribution is -2.28. The van der Waals surface area contributed by atoms with Gasteiger partial charge in [-0.05, 0) is 64.7 Å². The van der Waals surface area contributed by atoms with Gasteiger partial charge in [0.15, 0.2) is 0 Å². The zero-order chi connectivity index (χ0) is 23.5. The van der Waals surface area contributed by atoms with E-state index in [0.717, 1.165) is 35.3 Å². The maximum atomic E-state index is 13.6. The summed E-state index contributed by atoms with van der Waals surface area (Å²) in [5.74, 6) is -0.0468. The second kappa shape index (κ2) is 9.48. The molecule has 5 rings (SSSR count). The summed E-state index contributed by atoms with van der Waals surface area (Å²) >= 11 is 1.27. The minimum absolute atomic E-state index is 0.0478. The van der Waals surface area contributed by atoms with Crippen LogP contribution in [0.4, 0.5) is 17.1 Å². The molecular formula is C25H22N6O2S. The molecule has 1 N–H and O–H groups in total. The van der Waals surface area contributed by atoms with Gasteiger partial charge in [-0.15, -0.1) is 5.10 Å². The number of fused-ring (bicyclic) bond motifs is 2. The SMILES string of the molecule is CC(=O)Nc1cccc(-n2nnnc2SCC(=O)N2c3ccccc3CCc3ccccc32)c1. The summed E-state index contributed by atoms with van der Waals surface area (Å²) < 4.78 is 1.56. The van der Waals surface area contributed by atoms with Crippen LogP contribution in [0.5, 0.6) is 0 Å². The lowest BCUT2D eigenvalue weighted by molar-refractivity contribution is -0.115. The number of amides is 2. The van der Waals surface area contributed by atoms with Gasteiger partial charge in [0.25, 0.3) is 0 Å². The van der Waals surface area contributed by atoms with Crippen molar-refractivity contribution in [3.63, 3.8) is 0 Å². The van der Waals surface area contributed by atoms with Crippen LogP contribution in [0.2, 0.25) is 0 Å². The fourth-order valence-electron chi connectivity index (χ4n) is 4.09. The van der Waals surface area contributed by atoms with Gasteiger partial charge >= 0.3 is 0 Å². The van der Waals surface area contributed by atoms with Gasteiger partial charge in [0, 0.05) is 12.6 Å². The van der Waals surface area contributed by atoms with Crippen LogP contribution in [0, 0.1) is 0 Å². The Morgan fingerprint density at radius 1 is 0.941 bits per heavy atom. The first-order chi connectivity index (χ1) is 16.6. The fraction of sp³-hybridized carbons (Fsp3) is 0.160. The van der Waals surface area contributed by atoms with E-state index in [1.54, 1.807) is 16.8 Å². The molecule has 0 saturated carbocycles. The van der Waals surface area contributed by atoms with Crippen LogP contribution in [-0.2, 0) is 22.4 Å². The van der Waals surface area contributed by atoms with Crippen molar-refractivity contribution >= 4 is 40.6 Å². The van der Waals surface area contributed by atoms with Gasteiger partial charge in [-0.25, -0.2) is 0 Å². The van der Waals surface area contributed by atoms with Gasteiger partial charge in [-0.1, -0.05) is 54.2 Å². The zero-order valence-corrected chi connectivity index (χ0v) is 19.3. The molecule has 8 nitrogen and oxygen atoms in total. The molecule has 3 aromatic carbocycles.